The van der Waals surface area contributed by atoms with Crippen molar-refractivity contribution in [3.05, 3.63) is 59.4 Å². The van der Waals surface area contributed by atoms with Crippen LogP contribution in [-0.4, -0.2) is 10.9 Å². The quantitative estimate of drug-likeness (QED) is 0.818. The molecular formula is C16H19N3O. The molecule has 0 aliphatic carbocycles. The van der Waals surface area contributed by atoms with Crippen molar-refractivity contribution in [2.24, 2.45) is 0 Å². The number of anilines is 1. The lowest BCUT2D eigenvalue weighted by Crippen LogP contribution is -2.23. The molecule has 0 aliphatic rings. The molecule has 2 rings (SSSR count). The number of nitrogens with zero attached hydrogens (tertiary/aromatic N) is 1. The third-order valence-corrected chi connectivity index (χ3v) is 3.09. The van der Waals surface area contributed by atoms with Crippen molar-refractivity contribution in [1.29, 1.82) is 0 Å². The second kappa shape index (κ2) is 6.70. The number of para-hydroxylation sites is 1. The van der Waals surface area contributed by atoms with Gasteiger partial charge in [0.15, 0.2) is 0 Å². The minimum absolute atomic E-state index is 0.0107. The fraction of sp³-hybridized carbons (Fsp3) is 0.250. The van der Waals surface area contributed by atoms with Crippen LogP contribution in [0.2, 0.25) is 0 Å². The maximum absolute atomic E-state index is 11.8. The van der Waals surface area contributed by atoms with Crippen molar-refractivity contribution in [3.63, 3.8) is 0 Å². The van der Waals surface area contributed by atoms with Crippen LogP contribution in [0.15, 0.2) is 42.5 Å². The summed E-state index contributed by atoms with van der Waals surface area (Å²) in [6.07, 6.45) is 1.08. The Balaban J connectivity index is 1.80. The van der Waals surface area contributed by atoms with Crippen molar-refractivity contribution in [3.8, 4) is 0 Å². The highest BCUT2D eigenvalue weighted by Gasteiger charge is 2.04. The summed E-state index contributed by atoms with van der Waals surface area (Å²) in [6, 6.07) is 13.4. The van der Waals surface area contributed by atoms with E-state index in [1.165, 1.54) is 0 Å². The number of nitrogens with one attached hydrogen (secondary N) is 1. The normalized spacial score (nSPS) is 10.2. The highest BCUT2D eigenvalue weighted by Crippen LogP contribution is 2.12. The van der Waals surface area contributed by atoms with E-state index < -0.39 is 0 Å². The Morgan fingerprint density at radius 1 is 1.20 bits per heavy atom. The molecule has 0 radical (unpaired) electrons. The van der Waals surface area contributed by atoms with Crippen LogP contribution in [0.5, 0.6) is 0 Å². The predicted molar refractivity (Wildman–Crippen MR) is 80.0 cm³/mol. The van der Waals surface area contributed by atoms with Crippen molar-refractivity contribution < 1.29 is 4.79 Å². The van der Waals surface area contributed by atoms with Crippen molar-refractivity contribution in [2.45, 2.75) is 26.3 Å². The second-order valence-electron chi connectivity index (χ2n) is 4.75. The Kier molecular flexibility index (Phi) is 4.71. The number of pyridine rings is 1. The molecule has 3 N–H and O–H groups in total. The molecule has 0 fully saturated rings. The van der Waals surface area contributed by atoms with Crippen LogP contribution in [0, 0.1) is 6.92 Å². The van der Waals surface area contributed by atoms with Crippen LogP contribution in [0.1, 0.15) is 23.4 Å². The maximum atomic E-state index is 11.8. The molecule has 1 aromatic heterocycles. The van der Waals surface area contributed by atoms with Gasteiger partial charge in [0.05, 0.1) is 12.2 Å². The monoisotopic (exact) mass is 269 g/mol. The number of aryl methyl sites for hydroxylation is 2. The number of rotatable bonds is 5. The van der Waals surface area contributed by atoms with E-state index in [0.717, 1.165) is 22.6 Å². The van der Waals surface area contributed by atoms with Gasteiger partial charge >= 0.3 is 0 Å². The van der Waals surface area contributed by atoms with Crippen molar-refractivity contribution >= 4 is 11.6 Å². The molecule has 2 aromatic rings. The number of amides is 1. The largest absolute Gasteiger partial charge is 0.399 e. The summed E-state index contributed by atoms with van der Waals surface area (Å²) < 4.78 is 0. The molecule has 0 unspecified atom stereocenters. The SMILES string of the molecule is Cc1cccc(CNC(=O)CCc2ccccc2N)n1. The molecule has 0 atom stereocenters. The van der Waals surface area contributed by atoms with Gasteiger partial charge in [-0.15, -0.1) is 0 Å². The van der Waals surface area contributed by atoms with Crippen LogP contribution in [0.3, 0.4) is 0 Å². The van der Waals surface area contributed by atoms with Crippen LogP contribution in [0.25, 0.3) is 0 Å². The molecule has 0 bridgehead atoms. The summed E-state index contributed by atoms with van der Waals surface area (Å²) in [7, 11) is 0. The van der Waals surface area contributed by atoms with Crippen molar-refractivity contribution in [1.82, 2.24) is 10.3 Å². The Morgan fingerprint density at radius 3 is 2.75 bits per heavy atom. The molecule has 104 valence electrons. The van der Waals surface area contributed by atoms with Gasteiger partial charge in [0, 0.05) is 17.8 Å². The molecule has 4 heteroatoms. The number of aromatic nitrogens is 1. The Bertz CT molecular complexity index is 596. The molecular weight excluding hydrogens is 250 g/mol. The van der Waals surface area contributed by atoms with Crippen LogP contribution in [0.4, 0.5) is 5.69 Å². The zero-order chi connectivity index (χ0) is 14.4. The fourth-order valence-corrected chi connectivity index (χ4v) is 1.99. The maximum Gasteiger partial charge on any atom is 0.220 e. The Labute approximate surface area is 119 Å². The summed E-state index contributed by atoms with van der Waals surface area (Å²) in [5, 5.41) is 2.87. The van der Waals surface area contributed by atoms with E-state index >= 15 is 0 Å². The first-order chi connectivity index (χ1) is 9.65. The highest BCUT2D eigenvalue weighted by atomic mass is 16.1. The first-order valence-electron chi connectivity index (χ1n) is 6.68. The second-order valence-corrected chi connectivity index (χ2v) is 4.75. The molecule has 0 saturated carbocycles. The van der Waals surface area contributed by atoms with Crippen LogP contribution in [-0.2, 0) is 17.8 Å². The van der Waals surface area contributed by atoms with E-state index in [4.69, 9.17) is 5.73 Å². The third kappa shape index (κ3) is 4.09. The summed E-state index contributed by atoms with van der Waals surface area (Å²) in [6.45, 7) is 2.40. The lowest BCUT2D eigenvalue weighted by Gasteiger charge is -2.07. The number of carbonyl (C=O) groups is 1. The van der Waals surface area contributed by atoms with Gasteiger partial charge in [0.2, 0.25) is 5.91 Å². The lowest BCUT2D eigenvalue weighted by molar-refractivity contribution is -0.121. The molecule has 1 aromatic carbocycles. The van der Waals surface area contributed by atoms with Gasteiger partial charge in [-0.25, -0.2) is 0 Å². The number of benzene rings is 1. The smallest absolute Gasteiger partial charge is 0.220 e. The molecule has 1 heterocycles. The number of carbonyl (C=O) groups excluding carboxylic acids is 1. The average molecular weight is 269 g/mol. The van der Waals surface area contributed by atoms with Crippen molar-refractivity contribution in [2.75, 3.05) is 5.73 Å². The van der Waals surface area contributed by atoms with E-state index in [9.17, 15) is 4.79 Å². The van der Waals surface area contributed by atoms with E-state index in [2.05, 4.69) is 10.3 Å². The highest BCUT2D eigenvalue weighted by molar-refractivity contribution is 5.76. The number of nitrogen functional groups attached to an aromatic ring is 1. The topological polar surface area (TPSA) is 68.0 Å². The van der Waals surface area contributed by atoms with Gasteiger partial charge in [-0.2, -0.15) is 0 Å². The van der Waals surface area contributed by atoms with E-state index in [1.807, 2.05) is 49.4 Å². The minimum Gasteiger partial charge on any atom is -0.399 e. The summed E-state index contributed by atoms with van der Waals surface area (Å²) >= 11 is 0. The number of nitrogens with two attached hydrogens (primary N) is 1. The molecule has 0 spiro atoms. The minimum atomic E-state index is 0.0107. The molecule has 1 amide bonds. The summed E-state index contributed by atoms with van der Waals surface area (Å²) in [5.41, 5.74) is 9.42. The Hall–Kier alpha value is -2.36. The first-order valence-corrected chi connectivity index (χ1v) is 6.68. The third-order valence-electron chi connectivity index (χ3n) is 3.09. The van der Waals surface area contributed by atoms with Gasteiger partial charge in [-0.1, -0.05) is 24.3 Å². The van der Waals surface area contributed by atoms with E-state index in [-0.39, 0.29) is 5.91 Å². The zero-order valence-corrected chi connectivity index (χ0v) is 11.6. The lowest BCUT2D eigenvalue weighted by atomic mass is 10.1. The van der Waals surface area contributed by atoms with Gasteiger partial charge in [-0.3, -0.25) is 9.78 Å². The van der Waals surface area contributed by atoms with Crippen LogP contribution >= 0.6 is 0 Å². The number of hydrogen-bond acceptors (Lipinski definition) is 3. The Morgan fingerprint density at radius 2 is 2.00 bits per heavy atom. The zero-order valence-electron chi connectivity index (χ0n) is 11.6. The molecule has 4 nitrogen and oxygen atoms in total. The fourth-order valence-electron chi connectivity index (χ4n) is 1.99. The molecule has 20 heavy (non-hydrogen) atoms. The summed E-state index contributed by atoms with van der Waals surface area (Å²) in [4.78, 5) is 16.1. The summed E-state index contributed by atoms with van der Waals surface area (Å²) in [5.74, 6) is 0.0107. The molecule has 0 aliphatic heterocycles. The van der Waals surface area contributed by atoms with Gasteiger partial charge < -0.3 is 11.1 Å². The molecule has 0 saturated heterocycles. The standard InChI is InChI=1S/C16H19N3O/c1-12-5-4-7-14(19-12)11-18-16(20)10-9-13-6-2-3-8-15(13)17/h2-8H,9-11,17H2,1H3,(H,18,20). The van der Waals surface area contributed by atoms with Gasteiger partial charge in [0.1, 0.15) is 0 Å². The number of hydrogen-bond donors (Lipinski definition) is 2. The predicted octanol–water partition coefficient (Wildman–Crippen LogP) is 2.22. The first kappa shape index (κ1) is 14.1. The average Bonchev–Trinajstić information content (AvgIpc) is 2.44. The van der Waals surface area contributed by atoms with Gasteiger partial charge in [-0.05, 0) is 37.1 Å². The van der Waals surface area contributed by atoms with E-state index in [1.54, 1.807) is 0 Å². The van der Waals surface area contributed by atoms with Gasteiger partial charge in [0.25, 0.3) is 0 Å². The van der Waals surface area contributed by atoms with E-state index in [0.29, 0.717) is 19.4 Å². The van der Waals surface area contributed by atoms with Crippen LogP contribution < -0.4 is 11.1 Å².